The molecule has 0 bridgehead atoms. The first-order valence-electron chi connectivity index (χ1n) is 10.2. The van der Waals surface area contributed by atoms with Gasteiger partial charge in [0.05, 0.1) is 7.11 Å². The zero-order valence-corrected chi connectivity index (χ0v) is 17.5. The van der Waals surface area contributed by atoms with Crippen LogP contribution in [0.25, 0.3) is 10.8 Å². The van der Waals surface area contributed by atoms with Crippen molar-refractivity contribution >= 4 is 22.4 Å². The number of fused-ring (bicyclic) bond motifs is 2. The predicted octanol–water partition coefficient (Wildman–Crippen LogP) is 5.41. The molecule has 6 heteroatoms. The number of methoxy groups -OCH3 is 1. The largest absolute Gasteiger partial charge is 0.496 e. The van der Waals surface area contributed by atoms with E-state index in [4.69, 9.17) is 18.9 Å². The van der Waals surface area contributed by atoms with Gasteiger partial charge in [0.2, 0.25) is 6.79 Å². The Morgan fingerprint density at radius 2 is 1.75 bits per heavy atom. The third kappa shape index (κ3) is 4.03. The first-order chi connectivity index (χ1) is 15.7. The second-order valence-corrected chi connectivity index (χ2v) is 7.35. The van der Waals surface area contributed by atoms with Gasteiger partial charge in [0, 0.05) is 22.9 Å². The van der Waals surface area contributed by atoms with Gasteiger partial charge in [-0.1, -0.05) is 30.3 Å². The second-order valence-electron chi connectivity index (χ2n) is 7.35. The second kappa shape index (κ2) is 8.51. The molecule has 0 atom stereocenters. The lowest BCUT2D eigenvalue weighted by Crippen LogP contribution is -2.12. The minimum absolute atomic E-state index is 0.186. The SMILES string of the molecule is COc1ccc(C(=O)Nc2ccc3c(c2)OCO3)cc1COc1ccc2ccccc2c1. The van der Waals surface area contributed by atoms with Crippen LogP contribution >= 0.6 is 0 Å². The summed E-state index contributed by atoms with van der Waals surface area (Å²) in [5, 5.41) is 5.15. The molecule has 1 aliphatic rings. The normalized spacial score (nSPS) is 11.9. The highest BCUT2D eigenvalue weighted by atomic mass is 16.7. The van der Waals surface area contributed by atoms with E-state index < -0.39 is 0 Å². The number of amides is 1. The van der Waals surface area contributed by atoms with E-state index in [9.17, 15) is 4.79 Å². The fourth-order valence-corrected chi connectivity index (χ4v) is 3.63. The van der Waals surface area contributed by atoms with Crippen LogP contribution in [0.5, 0.6) is 23.0 Å². The van der Waals surface area contributed by atoms with Crippen molar-refractivity contribution < 1.29 is 23.7 Å². The lowest BCUT2D eigenvalue weighted by atomic mass is 10.1. The monoisotopic (exact) mass is 427 g/mol. The molecule has 0 aromatic heterocycles. The minimum atomic E-state index is -0.238. The van der Waals surface area contributed by atoms with E-state index in [0.29, 0.717) is 28.5 Å². The van der Waals surface area contributed by atoms with Crippen LogP contribution in [0.4, 0.5) is 5.69 Å². The van der Waals surface area contributed by atoms with Crippen LogP contribution in [-0.4, -0.2) is 19.8 Å². The Labute approximate surface area is 185 Å². The summed E-state index contributed by atoms with van der Waals surface area (Å²) in [6.45, 7) is 0.457. The highest BCUT2D eigenvalue weighted by Crippen LogP contribution is 2.34. The number of rotatable bonds is 6. The molecule has 4 aromatic carbocycles. The Morgan fingerprint density at radius 1 is 0.906 bits per heavy atom. The zero-order chi connectivity index (χ0) is 21.9. The lowest BCUT2D eigenvalue weighted by molar-refractivity contribution is 0.102. The number of anilines is 1. The molecule has 0 unspecified atom stereocenters. The maximum absolute atomic E-state index is 12.8. The molecule has 6 nitrogen and oxygen atoms in total. The molecule has 160 valence electrons. The number of hydrogen-bond donors (Lipinski definition) is 1. The lowest BCUT2D eigenvalue weighted by Gasteiger charge is -2.13. The Kier molecular flexibility index (Phi) is 5.25. The molecular formula is C26H21NO5. The summed E-state index contributed by atoms with van der Waals surface area (Å²) in [5.41, 5.74) is 1.91. The maximum Gasteiger partial charge on any atom is 0.255 e. The van der Waals surface area contributed by atoms with Crippen LogP contribution in [0.3, 0.4) is 0 Å². The summed E-state index contributed by atoms with van der Waals surface area (Å²) in [6, 6.07) is 24.6. The Morgan fingerprint density at radius 3 is 2.62 bits per heavy atom. The van der Waals surface area contributed by atoms with Gasteiger partial charge >= 0.3 is 0 Å². The van der Waals surface area contributed by atoms with Gasteiger partial charge in [-0.05, 0) is 53.2 Å². The van der Waals surface area contributed by atoms with Crippen LogP contribution in [0.1, 0.15) is 15.9 Å². The van der Waals surface area contributed by atoms with Crippen molar-refractivity contribution in [3.05, 3.63) is 90.0 Å². The highest BCUT2D eigenvalue weighted by Gasteiger charge is 2.16. The summed E-state index contributed by atoms with van der Waals surface area (Å²) in [7, 11) is 1.60. The van der Waals surface area contributed by atoms with Gasteiger partial charge in [-0.3, -0.25) is 4.79 Å². The van der Waals surface area contributed by atoms with E-state index in [1.807, 2.05) is 36.4 Å². The van der Waals surface area contributed by atoms with Crippen LogP contribution < -0.4 is 24.3 Å². The first-order valence-corrected chi connectivity index (χ1v) is 10.2. The van der Waals surface area contributed by atoms with Gasteiger partial charge < -0.3 is 24.3 Å². The standard InChI is InChI=1S/C26H21NO5/c1-29-23-10-7-19(26(28)27-21-8-11-24-25(14-21)32-16-31-24)12-20(23)15-30-22-9-6-17-4-2-3-5-18(17)13-22/h2-14H,15-16H2,1H3,(H,27,28). The number of benzene rings is 4. The van der Waals surface area contributed by atoms with Crippen molar-refractivity contribution in [3.8, 4) is 23.0 Å². The molecule has 0 aliphatic carbocycles. The molecule has 0 saturated carbocycles. The van der Waals surface area contributed by atoms with E-state index in [1.54, 1.807) is 43.5 Å². The number of nitrogens with one attached hydrogen (secondary N) is 1. The topological polar surface area (TPSA) is 66.0 Å². The van der Waals surface area contributed by atoms with Gasteiger partial charge in [-0.25, -0.2) is 0 Å². The zero-order valence-electron chi connectivity index (χ0n) is 17.5. The van der Waals surface area contributed by atoms with Crippen molar-refractivity contribution in [1.29, 1.82) is 0 Å². The van der Waals surface area contributed by atoms with Crippen molar-refractivity contribution in [2.24, 2.45) is 0 Å². The molecule has 32 heavy (non-hydrogen) atoms. The van der Waals surface area contributed by atoms with Gasteiger partial charge in [-0.2, -0.15) is 0 Å². The summed E-state index contributed by atoms with van der Waals surface area (Å²) < 4.78 is 22.1. The quantitative estimate of drug-likeness (QED) is 0.446. The molecule has 0 fully saturated rings. The average Bonchev–Trinajstić information content (AvgIpc) is 3.30. The van der Waals surface area contributed by atoms with Crippen molar-refractivity contribution in [2.45, 2.75) is 6.61 Å². The Balaban J connectivity index is 1.32. The number of ether oxygens (including phenoxy) is 4. The molecule has 5 rings (SSSR count). The van der Waals surface area contributed by atoms with Crippen molar-refractivity contribution in [1.82, 2.24) is 0 Å². The van der Waals surface area contributed by atoms with Crippen LogP contribution in [0, 0.1) is 0 Å². The van der Waals surface area contributed by atoms with Crippen LogP contribution in [-0.2, 0) is 6.61 Å². The molecule has 1 aliphatic heterocycles. The molecular weight excluding hydrogens is 406 g/mol. The summed E-state index contributed by atoms with van der Waals surface area (Å²) >= 11 is 0. The number of carbonyl (C=O) groups is 1. The van der Waals surface area contributed by atoms with Gasteiger partial charge in [0.15, 0.2) is 11.5 Å². The van der Waals surface area contributed by atoms with Crippen LogP contribution in [0.15, 0.2) is 78.9 Å². The van der Waals surface area contributed by atoms with E-state index >= 15 is 0 Å². The molecule has 1 heterocycles. The molecule has 1 N–H and O–H groups in total. The molecule has 0 radical (unpaired) electrons. The molecule has 4 aromatic rings. The van der Waals surface area contributed by atoms with Gasteiger partial charge in [0.25, 0.3) is 5.91 Å². The van der Waals surface area contributed by atoms with E-state index in [2.05, 4.69) is 11.4 Å². The Hall–Kier alpha value is -4.19. The minimum Gasteiger partial charge on any atom is -0.496 e. The molecule has 0 spiro atoms. The van der Waals surface area contributed by atoms with E-state index in [1.165, 1.54) is 0 Å². The average molecular weight is 427 g/mol. The number of carbonyl (C=O) groups excluding carboxylic acids is 1. The smallest absolute Gasteiger partial charge is 0.255 e. The number of hydrogen-bond acceptors (Lipinski definition) is 5. The highest BCUT2D eigenvalue weighted by molar-refractivity contribution is 6.04. The van der Waals surface area contributed by atoms with Crippen LogP contribution in [0.2, 0.25) is 0 Å². The predicted molar refractivity (Wildman–Crippen MR) is 122 cm³/mol. The third-order valence-electron chi connectivity index (χ3n) is 5.29. The van der Waals surface area contributed by atoms with Crippen molar-refractivity contribution in [2.75, 3.05) is 19.2 Å². The summed E-state index contributed by atoms with van der Waals surface area (Å²) in [6.07, 6.45) is 0. The summed E-state index contributed by atoms with van der Waals surface area (Å²) in [4.78, 5) is 12.8. The fourth-order valence-electron chi connectivity index (χ4n) is 3.63. The Bertz CT molecular complexity index is 1300. The van der Waals surface area contributed by atoms with E-state index in [-0.39, 0.29) is 19.3 Å². The fraction of sp³-hybridized carbons (Fsp3) is 0.115. The maximum atomic E-state index is 12.8. The van der Waals surface area contributed by atoms with Crippen molar-refractivity contribution in [3.63, 3.8) is 0 Å². The van der Waals surface area contributed by atoms with E-state index in [0.717, 1.165) is 22.1 Å². The van der Waals surface area contributed by atoms with Gasteiger partial charge in [-0.15, -0.1) is 0 Å². The molecule has 0 saturated heterocycles. The molecule has 1 amide bonds. The third-order valence-corrected chi connectivity index (χ3v) is 5.29. The summed E-state index contributed by atoms with van der Waals surface area (Å²) in [5.74, 6) is 2.45. The first kappa shape index (κ1) is 19.8. The van der Waals surface area contributed by atoms with Gasteiger partial charge in [0.1, 0.15) is 18.1 Å².